The standard InChI is InChI=1S/C7H17N3O2S/c1-4-6(7(8)9)10-13(11,12)5(2)3/h5-6,10H,4H2,1-3H3,(H3,8,9). The van der Waals surface area contributed by atoms with Gasteiger partial charge in [0.2, 0.25) is 10.0 Å². The molecule has 1 atom stereocenters. The van der Waals surface area contributed by atoms with Gasteiger partial charge in [0.1, 0.15) is 5.84 Å². The van der Waals surface area contributed by atoms with Gasteiger partial charge in [-0.2, -0.15) is 0 Å². The van der Waals surface area contributed by atoms with Crippen molar-refractivity contribution in [2.75, 3.05) is 0 Å². The summed E-state index contributed by atoms with van der Waals surface area (Å²) in [5, 5.41) is 6.62. The summed E-state index contributed by atoms with van der Waals surface area (Å²) in [6.45, 7) is 4.93. The Balaban J connectivity index is 4.50. The second-order valence-corrected chi connectivity index (χ2v) is 5.40. The van der Waals surface area contributed by atoms with Crippen LogP contribution in [0.5, 0.6) is 0 Å². The van der Waals surface area contributed by atoms with Gasteiger partial charge in [-0.25, -0.2) is 13.1 Å². The fourth-order valence-electron chi connectivity index (χ4n) is 0.701. The third-order valence-corrected chi connectivity index (χ3v) is 3.57. The molecular weight excluding hydrogens is 190 g/mol. The van der Waals surface area contributed by atoms with Gasteiger partial charge in [-0.15, -0.1) is 0 Å². The third kappa shape index (κ3) is 3.73. The van der Waals surface area contributed by atoms with Gasteiger partial charge in [0, 0.05) is 0 Å². The Morgan fingerprint density at radius 1 is 1.54 bits per heavy atom. The smallest absolute Gasteiger partial charge is 0.214 e. The Labute approximate surface area is 79.3 Å². The summed E-state index contributed by atoms with van der Waals surface area (Å²) >= 11 is 0. The minimum Gasteiger partial charge on any atom is -0.386 e. The van der Waals surface area contributed by atoms with Crippen molar-refractivity contribution in [2.45, 2.75) is 38.5 Å². The molecule has 0 rings (SSSR count). The van der Waals surface area contributed by atoms with Gasteiger partial charge in [-0.3, -0.25) is 5.41 Å². The molecule has 0 bridgehead atoms. The van der Waals surface area contributed by atoms with Crippen LogP contribution in [0.3, 0.4) is 0 Å². The van der Waals surface area contributed by atoms with Crippen molar-refractivity contribution in [3.05, 3.63) is 0 Å². The summed E-state index contributed by atoms with van der Waals surface area (Å²) in [7, 11) is -3.33. The van der Waals surface area contributed by atoms with Crippen molar-refractivity contribution in [3.8, 4) is 0 Å². The Hall–Kier alpha value is -0.620. The fraction of sp³-hybridized carbons (Fsp3) is 0.857. The fourth-order valence-corrected chi connectivity index (χ4v) is 1.66. The number of nitrogens with two attached hydrogens (primary N) is 1. The lowest BCUT2D eigenvalue weighted by molar-refractivity contribution is 0.562. The summed E-state index contributed by atoms with van der Waals surface area (Å²) in [4.78, 5) is 0. The van der Waals surface area contributed by atoms with E-state index >= 15 is 0 Å². The lowest BCUT2D eigenvalue weighted by Gasteiger charge is -2.17. The number of hydrogen-bond acceptors (Lipinski definition) is 3. The van der Waals surface area contributed by atoms with Crippen LogP contribution in [0.15, 0.2) is 0 Å². The van der Waals surface area contributed by atoms with Crippen LogP contribution in [0.2, 0.25) is 0 Å². The lowest BCUT2D eigenvalue weighted by atomic mass is 10.2. The quantitative estimate of drug-likeness (QED) is 0.438. The molecule has 0 aliphatic carbocycles. The molecule has 0 aliphatic heterocycles. The highest BCUT2D eigenvalue weighted by Crippen LogP contribution is 2.00. The van der Waals surface area contributed by atoms with E-state index in [1.165, 1.54) is 0 Å². The van der Waals surface area contributed by atoms with E-state index in [4.69, 9.17) is 11.1 Å². The van der Waals surface area contributed by atoms with Crippen LogP contribution in [0.4, 0.5) is 0 Å². The molecule has 78 valence electrons. The predicted molar refractivity (Wildman–Crippen MR) is 53.2 cm³/mol. The predicted octanol–water partition coefficient (Wildman–Crippen LogP) is 0.0288. The van der Waals surface area contributed by atoms with Crippen LogP contribution in [0.25, 0.3) is 0 Å². The molecule has 4 N–H and O–H groups in total. The first-order chi connectivity index (χ1) is 5.81. The normalized spacial score (nSPS) is 14.5. The zero-order chi connectivity index (χ0) is 10.6. The van der Waals surface area contributed by atoms with Gasteiger partial charge in [-0.05, 0) is 20.3 Å². The first-order valence-electron chi connectivity index (χ1n) is 4.16. The van der Waals surface area contributed by atoms with Crippen LogP contribution in [-0.4, -0.2) is 25.5 Å². The zero-order valence-corrected chi connectivity index (χ0v) is 8.98. The van der Waals surface area contributed by atoms with E-state index in [2.05, 4.69) is 4.72 Å². The number of rotatable bonds is 5. The lowest BCUT2D eigenvalue weighted by Crippen LogP contribution is -2.45. The molecule has 0 spiro atoms. The maximum Gasteiger partial charge on any atom is 0.214 e. The average molecular weight is 207 g/mol. The van der Waals surface area contributed by atoms with Crippen LogP contribution >= 0.6 is 0 Å². The van der Waals surface area contributed by atoms with E-state index < -0.39 is 21.3 Å². The average Bonchev–Trinajstić information content (AvgIpc) is 1.99. The van der Waals surface area contributed by atoms with Crippen molar-refractivity contribution in [2.24, 2.45) is 5.73 Å². The number of hydrogen-bond donors (Lipinski definition) is 3. The van der Waals surface area contributed by atoms with E-state index in [0.29, 0.717) is 6.42 Å². The summed E-state index contributed by atoms with van der Waals surface area (Å²) in [5.41, 5.74) is 5.21. The summed E-state index contributed by atoms with van der Waals surface area (Å²) < 4.78 is 25.0. The maximum atomic E-state index is 11.3. The Kier molecular flexibility index (Phi) is 4.35. The van der Waals surface area contributed by atoms with Gasteiger partial charge in [0.05, 0.1) is 11.3 Å². The zero-order valence-electron chi connectivity index (χ0n) is 8.16. The van der Waals surface area contributed by atoms with Crippen molar-refractivity contribution >= 4 is 15.9 Å². The highest BCUT2D eigenvalue weighted by molar-refractivity contribution is 7.90. The molecule has 0 fully saturated rings. The Morgan fingerprint density at radius 3 is 2.23 bits per heavy atom. The molecule has 0 aromatic carbocycles. The topological polar surface area (TPSA) is 96.0 Å². The molecular formula is C7H17N3O2S. The first-order valence-corrected chi connectivity index (χ1v) is 5.71. The van der Waals surface area contributed by atoms with E-state index in [0.717, 1.165) is 0 Å². The highest BCUT2D eigenvalue weighted by Gasteiger charge is 2.21. The molecule has 5 nitrogen and oxygen atoms in total. The largest absolute Gasteiger partial charge is 0.386 e. The van der Waals surface area contributed by atoms with Crippen molar-refractivity contribution in [1.82, 2.24) is 4.72 Å². The summed E-state index contributed by atoms with van der Waals surface area (Å²) in [6, 6.07) is -0.576. The second kappa shape index (κ2) is 4.57. The Bertz CT molecular complexity index is 271. The molecule has 0 aromatic heterocycles. The highest BCUT2D eigenvalue weighted by atomic mass is 32.2. The van der Waals surface area contributed by atoms with E-state index in [-0.39, 0.29) is 5.84 Å². The number of amidine groups is 1. The molecule has 0 heterocycles. The molecule has 13 heavy (non-hydrogen) atoms. The third-order valence-electron chi connectivity index (χ3n) is 1.71. The molecule has 0 aliphatic rings. The second-order valence-electron chi connectivity index (χ2n) is 3.13. The van der Waals surface area contributed by atoms with Crippen LogP contribution in [0, 0.1) is 5.41 Å². The van der Waals surface area contributed by atoms with Gasteiger partial charge in [0.15, 0.2) is 0 Å². The molecule has 0 radical (unpaired) electrons. The van der Waals surface area contributed by atoms with Crippen LogP contribution in [-0.2, 0) is 10.0 Å². The van der Waals surface area contributed by atoms with E-state index in [9.17, 15) is 8.42 Å². The van der Waals surface area contributed by atoms with Gasteiger partial charge < -0.3 is 5.73 Å². The van der Waals surface area contributed by atoms with Crippen LogP contribution < -0.4 is 10.5 Å². The SMILES string of the molecule is CCC(NS(=O)(=O)C(C)C)C(=N)N. The van der Waals surface area contributed by atoms with E-state index in [1.807, 2.05) is 0 Å². The van der Waals surface area contributed by atoms with E-state index in [1.54, 1.807) is 20.8 Å². The molecule has 6 heteroatoms. The summed E-state index contributed by atoms with van der Waals surface area (Å²) in [6.07, 6.45) is 0.487. The molecule has 0 aromatic rings. The van der Waals surface area contributed by atoms with Crippen molar-refractivity contribution in [1.29, 1.82) is 5.41 Å². The van der Waals surface area contributed by atoms with Gasteiger partial charge in [0.25, 0.3) is 0 Å². The van der Waals surface area contributed by atoms with Crippen LogP contribution in [0.1, 0.15) is 27.2 Å². The first kappa shape index (κ1) is 12.4. The number of nitrogens with one attached hydrogen (secondary N) is 2. The molecule has 0 saturated carbocycles. The molecule has 0 saturated heterocycles. The summed E-state index contributed by atoms with van der Waals surface area (Å²) in [5.74, 6) is -0.147. The minimum absolute atomic E-state index is 0.147. The molecule has 1 unspecified atom stereocenters. The van der Waals surface area contributed by atoms with Gasteiger partial charge >= 0.3 is 0 Å². The monoisotopic (exact) mass is 207 g/mol. The molecule has 0 amide bonds. The maximum absolute atomic E-state index is 11.3. The minimum atomic E-state index is -3.33. The van der Waals surface area contributed by atoms with Crippen molar-refractivity contribution < 1.29 is 8.42 Å². The van der Waals surface area contributed by atoms with Gasteiger partial charge in [-0.1, -0.05) is 6.92 Å². The number of sulfonamides is 1. The Morgan fingerprint density at radius 2 is 2.00 bits per heavy atom. The van der Waals surface area contributed by atoms with Crippen molar-refractivity contribution in [3.63, 3.8) is 0 Å².